The summed E-state index contributed by atoms with van der Waals surface area (Å²) in [5.41, 5.74) is 0. The van der Waals surface area contributed by atoms with E-state index in [1.54, 1.807) is 12.0 Å². The summed E-state index contributed by atoms with van der Waals surface area (Å²) in [5, 5.41) is 0. The molecule has 25 heavy (non-hydrogen) atoms. The second kappa shape index (κ2) is 9.56. The molecule has 0 bridgehead atoms. The number of hydrogen-bond donors (Lipinski definition) is 0. The highest BCUT2D eigenvalue weighted by Gasteiger charge is 2.46. The number of ether oxygens (including phenoxy) is 1. The minimum absolute atomic E-state index is 0.113. The molecule has 0 aromatic carbocycles. The summed E-state index contributed by atoms with van der Waals surface area (Å²) in [5.74, 6) is 0.739. The fourth-order valence-corrected chi connectivity index (χ4v) is 4.29. The van der Waals surface area contributed by atoms with Gasteiger partial charge in [0, 0.05) is 32.8 Å². The van der Waals surface area contributed by atoms with Crippen molar-refractivity contribution in [2.45, 2.75) is 83.2 Å². The first-order valence-corrected chi connectivity index (χ1v) is 9.89. The van der Waals surface area contributed by atoms with Gasteiger partial charge in [-0.2, -0.15) is 13.2 Å². The zero-order valence-corrected chi connectivity index (χ0v) is 16.0. The van der Waals surface area contributed by atoms with E-state index < -0.39 is 12.2 Å². The molecule has 0 radical (unpaired) electrons. The fourth-order valence-electron chi connectivity index (χ4n) is 4.29. The SMILES string of the molecule is CO[C@H]1CC[C@H](CCCCN2CCN(C(C)C)C[C@H]2C(F)(F)F)CC1. The topological polar surface area (TPSA) is 15.7 Å². The summed E-state index contributed by atoms with van der Waals surface area (Å²) in [4.78, 5) is 3.61. The molecule has 0 spiro atoms. The molecule has 1 aliphatic heterocycles. The van der Waals surface area contributed by atoms with E-state index in [9.17, 15) is 13.2 Å². The Morgan fingerprint density at radius 3 is 2.28 bits per heavy atom. The third kappa shape index (κ3) is 6.40. The Morgan fingerprint density at radius 1 is 1.04 bits per heavy atom. The van der Waals surface area contributed by atoms with Crippen LogP contribution in [0.4, 0.5) is 13.2 Å². The second-order valence-corrected chi connectivity index (χ2v) is 8.06. The average Bonchev–Trinajstić information content (AvgIpc) is 2.58. The molecule has 3 nitrogen and oxygen atoms in total. The fraction of sp³-hybridized carbons (Fsp3) is 1.00. The van der Waals surface area contributed by atoms with Gasteiger partial charge in [0.1, 0.15) is 6.04 Å². The van der Waals surface area contributed by atoms with Crippen molar-refractivity contribution in [3.8, 4) is 0 Å². The average molecular weight is 364 g/mol. The number of nitrogens with zero attached hydrogens (tertiary/aromatic N) is 2. The predicted octanol–water partition coefficient (Wildman–Crippen LogP) is 4.32. The first kappa shape index (κ1) is 21.0. The third-order valence-corrected chi connectivity index (χ3v) is 6.07. The molecule has 0 aromatic rings. The van der Waals surface area contributed by atoms with Gasteiger partial charge < -0.3 is 4.74 Å². The highest BCUT2D eigenvalue weighted by atomic mass is 19.4. The first-order valence-electron chi connectivity index (χ1n) is 9.89. The largest absolute Gasteiger partial charge is 0.405 e. The summed E-state index contributed by atoms with van der Waals surface area (Å²) >= 11 is 0. The van der Waals surface area contributed by atoms with Crippen LogP contribution in [-0.4, -0.2) is 67.5 Å². The zero-order valence-electron chi connectivity index (χ0n) is 16.0. The van der Waals surface area contributed by atoms with Gasteiger partial charge in [-0.05, 0) is 58.4 Å². The molecular weight excluding hydrogens is 329 g/mol. The van der Waals surface area contributed by atoms with Crippen LogP contribution in [0.25, 0.3) is 0 Å². The molecular formula is C19H35F3N2O. The van der Waals surface area contributed by atoms with Crippen LogP contribution in [0.5, 0.6) is 0 Å². The Kier molecular flexibility index (Phi) is 8.02. The lowest BCUT2D eigenvalue weighted by atomic mass is 9.84. The molecule has 1 heterocycles. The lowest BCUT2D eigenvalue weighted by molar-refractivity contribution is -0.198. The minimum Gasteiger partial charge on any atom is -0.381 e. The molecule has 0 aromatic heterocycles. The molecule has 1 saturated heterocycles. The van der Waals surface area contributed by atoms with Gasteiger partial charge in [0.25, 0.3) is 0 Å². The van der Waals surface area contributed by atoms with Gasteiger partial charge in [-0.3, -0.25) is 9.80 Å². The summed E-state index contributed by atoms with van der Waals surface area (Å²) < 4.78 is 45.7. The van der Waals surface area contributed by atoms with Crippen molar-refractivity contribution in [2.24, 2.45) is 5.92 Å². The summed E-state index contributed by atoms with van der Waals surface area (Å²) in [6, 6.07) is -1.13. The lowest BCUT2D eigenvalue weighted by Crippen LogP contribution is -2.60. The van der Waals surface area contributed by atoms with Crippen molar-refractivity contribution in [3.05, 3.63) is 0 Å². The van der Waals surface area contributed by atoms with E-state index >= 15 is 0 Å². The van der Waals surface area contributed by atoms with E-state index in [4.69, 9.17) is 4.74 Å². The maximum atomic E-state index is 13.4. The Bertz CT molecular complexity index is 381. The van der Waals surface area contributed by atoms with Crippen LogP contribution in [0.1, 0.15) is 58.8 Å². The van der Waals surface area contributed by atoms with E-state index in [2.05, 4.69) is 0 Å². The Morgan fingerprint density at radius 2 is 1.72 bits per heavy atom. The van der Waals surface area contributed by atoms with Crippen molar-refractivity contribution >= 4 is 0 Å². The van der Waals surface area contributed by atoms with Crippen molar-refractivity contribution in [3.63, 3.8) is 0 Å². The zero-order chi connectivity index (χ0) is 18.4. The summed E-state index contributed by atoms with van der Waals surface area (Å²) in [6.07, 6.45) is 4.03. The van der Waals surface area contributed by atoms with Crippen molar-refractivity contribution in [2.75, 3.05) is 33.3 Å². The van der Waals surface area contributed by atoms with Crippen LogP contribution in [0.2, 0.25) is 0 Å². The lowest BCUT2D eigenvalue weighted by Gasteiger charge is -2.43. The molecule has 1 atom stereocenters. The third-order valence-electron chi connectivity index (χ3n) is 6.07. The van der Waals surface area contributed by atoms with Crippen molar-refractivity contribution < 1.29 is 17.9 Å². The van der Waals surface area contributed by atoms with Crippen molar-refractivity contribution in [1.29, 1.82) is 0 Å². The number of alkyl halides is 3. The van der Waals surface area contributed by atoms with E-state index in [0.717, 1.165) is 44.6 Å². The quantitative estimate of drug-likeness (QED) is 0.626. The molecule has 0 N–H and O–H groups in total. The van der Waals surface area contributed by atoms with Crippen LogP contribution in [0.15, 0.2) is 0 Å². The van der Waals surface area contributed by atoms with Gasteiger partial charge in [0.2, 0.25) is 0 Å². The molecule has 148 valence electrons. The molecule has 0 amide bonds. The number of methoxy groups -OCH3 is 1. The monoisotopic (exact) mass is 364 g/mol. The van der Waals surface area contributed by atoms with Crippen LogP contribution < -0.4 is 0 Å². The summed E-state index contributed by atoms with van der Waals surface area (Å²) in [7, 11) is 1.78. The number of hydrogen-bond acceptors (Lipinski definition) is 3. The standard InChI is InChI=1S/C19H35F3N2O/c1-15(2)24-13-12-23(18(14-24)19(20,21)22)11-5-4-6-16-7-9-17(25-3)10-8-16/h15-18H,4-14H2,1-3H3/t16-,17-,18-/m0/s1. The Hall–Kier alpha value is -0.330. The molecule has 0 unspecified atom stereocenters. The van der Waals surface area contributed by atoms with Gasteiger partial charge >= 0.3 is 6.18 Å². The molecule has 1 saturated carbocycles. The maximum absolute atomic E-state index is 13.4. The van der Waals surface area contributed by atoms with E-state index in [0.29, 0.717) is 19.2 Å². The molecule has 1 aliphatic carbocycles. The van der Waals surface area contributed by atoms with E-state index in [1.807, 2.05) is 18.7 Å². The molecule has 6 heteroatoms. The van der Waals surface area contributed by atoms with Crippen LogP contribution in [0, 0.1) is 5.92 Å². The Labute approximate surface area is 150 Å². The first-order chi connectivity index (χ1) is 11.8. The number of piperazine rings is 1. The normalized spacial score (nSPS) is 30.1. The highest BCUT2D eigenvalue weighted by Crippen LogP contribution is 2.31. The van der Waals surface area contributed by atoms with Crippen LogP contribution in [-0.2, 0) is 4.74 Å². The predicted molar refractivity (Wildman–Crippen MR) is 94.7 cm³/mol. The number of halogens is 3. The summed E-state index contributed by atoms with van der Waals surface area (Å²) in [6.45, 7) is 5.90. The van der Waals surface area contributed by atoms with Gasteiger partial charge in [-0.15, -0.1) is 0 Å². The van der Waals surface area contributed by atoms with Crippen LogP contribution in [0.3, 0.4) is 0 Å². The van der Waals surface area contributed by atoms with E-state index in [-0.39, 0.29) is 12.6 Å². The van der Waals surface area contributed by atoms with E-state index in [1.165, 1.54) is 12.8 Å². The Balaban J connectivity index is 1.72. The van der Waals surface area contributed by atoms with Gasteiger partial charge in [-0.1, -0.05) is 12.8 Å². The van der Waals surface area contributed by atoms with Gasteiger partial charge in [0.15, 0.2) is 0 Å². The smallest absolute Gasteiger partial charge is 0.381 e. The highest BCUT2D eigenvalue weighted by molar-refractivity contribution is 4.88. The number of rotatable bonds is 7. The second-order valence-electron chi connectivity index (χ2n) is 8.06. The van der Waals surface area contributed by atoms with Gasteiger partial charge in [-0.25, -0.2) is 0 Å². The molecule has 2 fully saturated rings. The number of unbranched alkanes of at least 4 members (excludes halogenated alkanes) is 1. The maximum Gasteiger partial charge on any atom is 0.405 e. The van der Waals surface area contributed by atoms with Crippen molar-refractivity contribution in [1.82, 2.24) is 9.80 Å². The van der Waals surface area contributed by atoms with Gasteiger partial charge in [0.05, 0.1) is 6.10 Å². The van der Waals surface area contributed by atoms with Crippen LogP contribution >= 0.6 is 0 Å². The minimum atomic E-state index is -4.13. The molecule has 2 aliphatic rings. The molecule has 2 rings (SSSR count).